The highest BCUT2D eigenvalue weighted by atomic mass is 32.2. The Hall–Kier alpha value is -2.66. The van der Waals surface area contributed by atoms with E-state index in [1.807, 2.05) is 12.3 Å². The lowest BCUT2D eigenvalue weighted by atomic mass is 9.94. The van der Waals surface area contributed by atoms with Gasteiger partial charge in [-0.2, -0.15) is 12.6 Å². The van der Waals surface area contributed by atoms with Crippen LogP contribution in [0.25, 0.3) is 6.08 Å². The van der Waals surface area contributed by atoms with Gasteiger partial charge in [-0.25, -0.2) is 0 Å². The van der Waals surface area contributed by atoms with Crippen molar-refractivity contribution in [3.63, 3.8) is 0 Å². The first-order valence-electron chi connectivity index (χ1n) is 8.87. The van der Waals surface area contributed by atoms with Gasteiger partial charge >= 0.3 is 5.97 Å². The van der Waals surface area contributed by atoms with Gasteiger partial charge in [0.2, 0.25) is 0 Å². The van der Waals surface area contributed by atoms with Crippen LogP contribution >= 0.6 is 24.6 Å². The summed E-state index contributed by atoms with van der Waals surface area (Å²) >= 11 is 5.55. The first-order chi connectivity index (χ1) is 14.3. The number of thiol groups is 1. The predicted molar refractivity (Wildman–Crippen MR) is 120 cm³/mol. The molecule has 0 saturated carbocycles. The minimum absolute atomic E-state index is 0.0400. The average molecular weight is 450 g/mol. The number of aliphatic carboxylic acids is 1. The maximum Gasteiger partial charge on any atom is 0.320 e. The highest BCUT2D eigenvalue weighted by molar-refractivity contribution is 7.97. The highest BCUT2D eigenvalue weighted by Gasteiger charge is 2.25. The molecule has 10 heteroatoms. The van der Waals surface area contributed by atoms with E-state index >= 15 is 0 Å². The molecule has 1 aliphatic heterocycles. The molecule has 2 unspecified atom stereocenters. The van der Waals surface area contributed by atoms with Crippen LogP contribution in [-0.2, 0) is 11.2 Å². The summed E-state index contributed by atoms with van der Waals surface area (Å²) in [6.45, 7) is 0. The van der Waals surface area contributed by atoms with Crippen LogP contribution in [0.1, 0.15) is 21.5 Å². The van der Waals surface area contributed by atoms with Crippen molar-refractivity contribution in [2.45, 2.75) is 23.4 Å². The number of carboxylic acids is 1. The van der Waals surface area contributed by atoms with E-state index in [2.05, 4.69) is 41.6 Å². The van der Waals surface area contributed by atoms with Crippen LogP contribution in [0.3, 0.4) is 0 Å². The third-order valence-electron chi connectivity index (χ3n) is 4.20. The molecule has 160 valence electrons. The number of Topliss-reactive ketones (excluding diaryl/α,β-unsaturated/α-hetero) is 1. The van der Waals surface area contributed by atoms with Gasteiger partial charge in [-0.3, -0.25) is 9.59 Å². The smallest absolute Gasteiger partial charge is 0.320 e. The molecule has 0 aromatic heterocycles. The zero-order valence-corrected chi connectivity index (χ0v) is 17.6. The lowest BCUT2D eigenvalue weighted by Gasteiger charge is -2.16. The molecule has 0 aliphatic carbocycles. The number of nitrogens with one attached hydrogen (secondary N) is 1. The second-order valence-electron chi connectivity index (χ2n) is 6.36. The summed E-state index contributed by atoms with van der Waals surface area (Å²) in [7, 11) is 0. The van der Waals surface area contributed by atoms with Crippen LogP contribution in [0.5, 0.6) is 11.5 Å². The summed E-state index contributed by atoms with van der Waals surface area (Å²) < 4.78 is 3.08. The average Bonchev–Trinajstić information content (AvgIpc) is 2.76. The van der Waals surface area contributed by atoms with Crippen molar-refractivity contribution in [3.8, 4) is 11.5 Å². The minimum Gasteiger partial charge on any atom is -0.504 e. The van der Waals surface area contributed by atoms with Crippen molar-refractivity contribution in [2.75, 3.05) is 5.75 Å². The van der Waals surface area contributed by atoms with Crippen molar-refractivity contribution < 1.29 is 24.9 Å². The number of hydrogen-bond acceptors (Lipinski definition) is 9. The first-order valence-corrected chi connectivity index (χ1v) is 10.3. The lowest BCUT2D eigenvalue weighted by Crippen LogP contribution is -2.35. The summed E-state index contributed by atoms with van der Waals surface area (Å²) in [5.74, 6) is -2.97. The van der Waals surface area contributed by atoms with Gasteiger partial charge < -0.3 is 31.5 Å². The van der Waals surface area contributed by atoms with Crippen LogP contribution in [-0.4, -0.2) is 44.9 Å². The zero-order chi connectivity index (χ0) is 22.3. The number of hydrogen-bond donors (Lipinski definition) is 7. The third kappa shape index (κ3) is 5.92. The molecule has 0 saturated heterocycles. The monoisotopic (exact) mass is 449 g/mol. The Kier molecular flexibility index (Phi) is 8.60. The molecule has 0 fully saturated rings. The second-order valence-corrected chi connectivity index (χ2v) is 7.61. The molecule has 2 aromatic rings. The summed E-state index contributed by atoms with van der Waals surface area (Å²) in [6, 6.07) is 8.58. The Labute approximate surface area is 183 Å². The number of fused-ring (bicyclic) bond motifs is 1. The fraction of sp³-hybridized carbons (Fsp3) is 0.200. The predicted octanol–water partition coefficient (Wildman–Crippen LogP) is 1.76. The number of carbonyl (C=O) groups excluding carboxylic acids is 1. The molecule has 8 N–H and O–H groups in total. The molecular formula is C20H23N3O5S2. The lowest BCUT2D eigenvalue weighted by molar-refractivity contribution is -0.138. The molecule has 0 bridgehead atoms. The summed E-state index contributed by atoms with van der Waals surface area (Å²) in [4.78, 5) is 24.2. The number of phenols is 2. The molecule has 2 aromatic carbocycles. The molecule has 8 nitrogen and oxygen atoms in total. The van der Waals surface area contributed by atoms with Crippen molar-refractivity contribution in [1.29, 1.82) is 0 Å². The van der Waals surface area contributed by atoms with Gasteiger partial charge in [-0.15, -0.1) is 0 Å². The molecule has 0 spiro atoms. The largest absolute Gasteiger partial charge is 0.504 e. The summed E-state index contributed by atoms with van der Waals surface area (Å²) in [5, 5.41) is 28.1. The number of rotatable bonds is 6. The molecule has 0 radical (unpaired) electrons. The van der Waals surface area contributed by atoms with E-state index in [4.69, 9.17) is 16.6 Å². The van der Waals surface area contributed by atoms with Crippen LogP contribution < -0.4 is 16.2 Å². The number of carbonyl (C=O) groups is 2. The maximum atomic E-state index is 12.1. The second kappa shape index (κ2) is 10.9. The van der Waals surface area contributed by atoms with Crippen molar-refractivity contribution in [3.05, 3.63) is 59.3 Å². The van der Waals surface area contributed by atoms with Crippen molar-refractivity contribution in [1.82, 2.24) is 4.72 Å². The molecule has 2 atom stereocenters. The Morgan fingerprint density at radius 1 is 1.10 bits per heavy atom. The quantitative estimate of drug-likeness (QED) is 0.151. The highest BCUT2D eigenvalue weighted by Crippen LogP contribution is 2.33. The topological polar surface area (TPSA) is 159 Å². The van der Waals surface area contributed by atoms with Crippen LogP contribution in [0, 0.1) is 0 Å². The van der Waals surface area contributed by atoms with Crippen molar-refractivity contribution >= 4 is 42.4 Å². The number of benzene rings is 2. The van der Waals surface area contributed by atoms with E-state index < -0.39 is 35.3 Å². The summed E-state index contributed by atoms with van der Waals surface area (Å²) in [5.41, 5.74) is 12.3. The van der Waals surface area contributed by atoms with E-state index in [0.717, 1.165) is 6.07 Å². The van der Waals surface area contributed by atoms with Crippen LogP contribution in [0.15, 0.2) is 47.5 Å². The van der Waals surface area contributed by atoms with E-state index in [-0.39, 0.29) is 23.3 Å². The fourth-order valence-electron chi connectivity index (χ4n) is 2.59. The molecular weight excluding hydrogens is 426 g/mol. The number of ketones is 1. The summed E-state index contributed by atoms with van der Waals surface area (Å²) in [6.07, 6.45) is 3.85. The van der Waals surface area contributed by atoms with E-state index in [0.29, 0.717) is 0 Å². The Balaban J connectivity index is 0.000000263. The van der Waals surface area contributed by atoms with E-state index in [1.54, 1.807) is 11.9 Å². The SMILES string of the molecule is C1=Cc2ccccc2SN1.NC(Cc1ccc(O)c(O)c1C(=O)C(N)CS)C(=O)O. The molecule has 30 heavy (non-hydrogen) atoms. The fourth-order valence-corrected chi connectivity index (χ4v) is 3.42. The van der Waals surface area contributed by atoms with E-state index in [1.165, 1.54) is 16.5 Å². The van der Waals surface area contributed by atoms with Crippen molar-refractivity contribution in [2.24, 2.45) is 11.5 Å². The minimum atomic E-state index is -1.24. The van der Waals surface area contributed by atoms with Gasteiger partial charge in [0, 0.05) is 16.8 Å². The zero-order valence-electron chi connectivity index (χ0n) is 15.9. The van der Waals surface area contributed by atoms with Gasteiger partial charge in [0.15, 0.2) is 17.3 Å². The van der Waals surface area contributed by atoms with Crippen LogP contribution in [0.4, 0.5) is 0 Å². The number of carboxylic acid groups (broad SMARTS) is 1. The molecule has 1 heterocycles. The van der Waals surface area contributed by atoms with Crippen LogP contribution in [0.2, 0.25) is 0 Å². The number of phenolic OH excluding ortho intramolecular Hbond substituents is 2. The Morgan fingerprint density at radius 2 is 1.80 bits per heavy atom. The van der Waals surface area contributed by atoms with Gasteiger partial charge in [-0.05, 0) is 47.7 Å². The van der Waals surface area contributed by atoms with Gasteiger partial charge in [-0.1, -0.05) is 24.3 Å². The first kappa shape index (κ1) is 23.6. The Morgan fingerprint density at radius 3 is 2.43 bits per heavy atom. The Bertz CT molecular complexity index is 952. The molecule has 1 aliphatic rings. The number of aromatic hydroxyl groups is 2. The standard InChI is InChI=1S/C12H16N2O5S.C8H7NS/c13-6(12(18)19)3-5-1-2-8(15)11(17)9(5)10(16)7(14)4-20;1-2-4-8-7(3-1)5-6-9-10-8/h1-2,6-7,15,17,20H,3-4,13-14H2,(H,18,19);1-6,9H. The molecule has 3 rings (SSSR count). The number of nitrogens with two attached hydrogens (primary N) is 2. The maximum absolute atomic E-state index is 12.1. The van der Waals surface area contributed by atoms with Gasteiger partial charge in [0.1, 0.15) is 6.04 Å². The van der Waals surface area contributed by atoms with E-state index in [9.17, 15) is 19.8 Å². The van der Waals surface area contributed by atoms with Gasteiger partial charge in [0.25, 0.3) is 0 Å². The normalized spacial score (nSPS) is 13.8. The molecule has 0 amide bonds. The van der Waals surface area contributed by atoms with Gasteiger partial charge in [0.05, 0.1) is 11.6 Å². The third-order valence-corrected chi connectivity index (χ3v) is 5.44.